The van der Waals surface area contributed by atoms with Gasteiger partial charge in [-0.05, 0) is 48.1 Å². The lowest BCUT2D eigenvalue weighted by Crippen LogP contribution is -2.04. The van der Waals surface area contributed by atoms with Gasteiger partial charge in [0.25, 0.3) is 0 Å². The van der Waals surface area contributed by atoms with Gasteiger partial charge >= 0.3 is 0 Å². The van der Waals surface area contributed by atoms with E-state index in [1.807, 2.05) is 30.3 Å². The van der Waals surface area contributed by atoms with Crippen LogP contribution in [-0.2, 0) is 19.3 Å². The molecule has 2 aromatic carbocycles. The van der Waals surface area contributed by atoms with Crippen molar-refractivity contribution in [1.82, 2.24) is 0 Å². The summed E-state index contributed by atoms with van der Waals surface area (Å²) in [7, 11) is 0. The molecule has 1 nitrogen and oxygen atoms in total. The molecule has 0 amide bonds. The molecule has 19 heavy (non-hydrogen) atoms. The van der Waals surface area contributed by atoms with E-state index in [1.165, 1.54) is 17.5 Å². The first-order valence-electron chi connectivity index (χ1n) is 6.62. The highest BCUT2D eigenvalue weighted by Gasteiger charge is 2.14. The first kappa shape index (κ1) is 12.6. The summed E-state index contributed by atoms with van der Waals surface area (Å²) in [5.74, 6) is 0.196. The molecule has 1 aliphatic rings. The largest absolute Gasteiger partial charge is 0.294 e. The fraction of sp³-hybridized carbons (Fsp3) is 0.235. The maximum atomic E-state index is 12.3. The van der Waals surface area contributed by atoms with Crippen LogP contribution in [0.3, 0.4) is 0 Å². The van der Waals surface area contributed by atoms with Crippen molar-refractivity contribution in [2.24, 2.45) is 0 Å². The lowest BCUT2D eigenvalue weighted by Gasteiger charge is -2.06. The summed E-state index contributed by atoms with van der Waals surface area (Å²) < 4.78 is 1.00. The number of aryl methyl sites for hydroxylation is 2. The van der Waals surface area contributed by atoms with Crippen molar-refractivity contribution < 1.29 is 4.79 Å². The molecule has 0 atom stereocenters. The number of rotatable bonds is 3. The quantitative estimate of drug-likeness (QED) is 0.769. The van der Waals surface area contributed by atoms with Gasteiger partial charge in [-0.25, -0.2) is 0 Å². The molecule has 0 saturated heterocycles. The zero-order chi connectivity index (χ0) is 13.2. The third-order valence-corrected chi connectivity index (χ3v) is 4.50. The Balaban J connectivity index is 1.83. The van der Waals surface area contributed by atoms with Gasteiger partial charge in [0.15, 0.2) is 5.78 Å². The van der Waals surface area contributed by atoms with Gasteiger partial charge in [0.1, 0.15) is 0 Å². The Morgan fingerprint density at radius 3 is 2.68 bits per heavy atom. The van der Waals surface area contributed by atoms with Crippen molar-refractivity contribution in [1.29, 1.82) is 0 Å². The number of carbonyl (C=O) groups is 1. The van der Waals surface area contributed by atoms with Crippen LogP contribution in [0.2, 0.25) is 0 Å². The minimum Gasteiger partial charge on any atom is -0.294 e. The number of ketones is 1. The summed E-state index contributed by atoms with van der Waals surface area (Å²) >= 11 is 3.49. The molecule has 0 spiro atoms. The second-order valence-electron chi connectivity index (χ2n) is 5.03. The van der Waals surface area contributed by atoms with E-state index < -0.39 is 0 Å². The monoisotopic (exact) mass is 314 g/mol. The number of carbonyl (C=O) groups excluding carboxylic acids is 1. The molecule has 0 aliphatic heterocycles. The van der Waals surface area contributed by atoms with Gasteiger partial charge in [-0.3, -0.25) is 4.79 Å². The molecular formula is C17H15BrO. The Labute approximate surface area is 121 Å². The molecule has 0 unspecified atom stereocenters. The third kappa shape index (κ3) is 2.64. The zero-order valence-corrected chi connectivity index (χ0v) is 12.2. The van der Waals surface area contributed by atoms with Gasteiger partial charge in [0.2, 0.25) is 0 Å². The van der Waals surface area contributed by atoms with Crippen molar-refractivity contribution in [3.8, 4) is 0 Å². The van der Waals surface area contributed by atoms with E-state index in [0.29, 0.717) is 6.42 Å². The SMILES string of the molecule is O=C(Cc1ccccc1Br)c1ccc2c(c1)CCC2. The molecule has 0 aromatic heterocycles. The van der Waals surface area contributed by atoms with Crippen molar-refractivity contribution in [2.45, 2.75) is 25.7 Å². The third-order valence-electron chi connectivity index (χ3n) is 3.73. The minimum absolute atomic E-state index is 0.196. The summed E-state index contributed by atoms with van der Waals surface area (Å²) in [6, 6.07) is 14.1. The molecule has 0 saturated carbocycles. The number of Topliss-reactive ketones (excluding diaryl/α,β-unsaturated/α-hetero) is 1. The van der Waals surface area contributed by atoms with E-state index in [1.54, 1.807) is 0 Å². The Morgan fingerprint density at radius 2 is 1.84 bits per heavy atom. The predicted molar refractivity (Wildman–Crippen MR) is 80.6 cm³/mol. The first-order chi connectivity index (χ1) is 9.24. The molecule has 1 aliphatic carbocycles. The minimum atomic E-state index is 0.196. The van der Waals surface area contributed by atoms with Crippen LogP contribution in [0.1, 0.15) is 33.5 Å². The van der Waals surface area contributed by atoms with Gasteiger partial charge in [-0.15, -0.1) is 0 Å². The van der Waals surface area contributed by atoms with Crippen molar-refractivity contribution in [2.75, 3.05) is 0 Å². The molecule has 2 aromatic rings. The molecule has 0 heterocycles. The lowest BCUT2D eigenvalue weighted by atomic mass is 9.99. The summed E-state index contributed by atoms with van der Waals surface area (Å²) in [4.78, 5) is 12.3. The zero-order valence-electron chi connectivity index (χ0n) is 10.7. The fourth-order valence-electron chi connectivity index (χ4n) is 2.66. The normalized spacial score (nSPS) is 13.3. The Bertz CT molecular complexity index is 631. The highest BCUT2D eigenvalue weighted by atomic mass is 79.9. The van der Waals surface area contributed by atoms with E-state index in [2.05, 4.69) is 28.1 Å². The molecule has 3 rings (SSSR count). The van der Waals surface area contributed by atoms with Crippen LogP contribution < -0.4 is 0 Å². The van der Waals surface area contributed by atoms with Crippen LogP contribution in [0.25, 0.3) is 0 Å². The number of hydrogen-bond acceptors (Lipinski definition) is 1. The van der Waals surface area contributed by atoms with E-state index in [0.717, 1.165) is 28.4 Å². The Morgan fingerprint density at radius 1 is 1.05 bits per heavy atom. The van der Waals surface area contributed by atoms with Gasteiger partial charge in [0, 0.05) is 16.5 Å². The number of benzene rings is 2. The van der Waals surface area contributed by atoms with Gasteiger partial charge in [-0.1, -0.05) is 46.3 Å². The maximum absolute atomic E-state index is 12.3. The molecule has 2 heteroatoms. The average molecular weight is 315 g/mol. The van der Waals surface area contributed by atoms with Crippen molar-refractivity contribution in [3.05, 3.63) is 69.2 Å². The van der Waals surface area contributed by atoms with E-state index >= 15 is 0 Å². The topological polar surface area (TPSA) is 17.1 Å². The van der Waals surface area contributed by atoms with Gasteiger partial charge in [0.05, 0.1) is 0 Å². The summed E-state index contributed by atoms with van der Waals surface area (Å²) in [6.45, 7) is 0. The van der Waals surface area contributed by atoms with Crippen LogP contribution >= 0.6 is 15.9 Å². The second kappa shape index (κ2) is 5.30. The molecule has 0 fully saturated rings. The van der Waals surface area contributed by atoms with E-state index in [4.69, 9.17) is 0 Å². The second-order valence-corrected chi connectivity index (χ2v) is 5.88. The fourth-order valence-corrected chi connectivity index (χ4v) is 3.09. The van der Waals surface area contributed by atoms with E-state index in [9.17, 15) is 4.79 Å². The van der Waals surface area contributed by atoms with E-state index in [-0.39, 0.29) is 5.78 Å². The summed E-state index contributed by atoms with van der Waals surface area (Å²) in [6.07, 6.45) is 3.96. The number of halogens is 1. The van der Waals surface area contributed by atoms with Crippen LogP contribution in [0.5, 0.6) is 0 Å². The van der Waals surface area contributed by atoms with Crippen LogP contribution in [0.4, 0.5) is 0 Å². The summed E-state index contributed by atoms with van der Waals surface area (Å²) in [5, 5.41) is 0. The Kier molecular flexibility index (Phi) is 3.52. The molecule has 0 bridgehead atoms. The van der Waals surface area contributed by atoms with Gasteiger partial charge in [-0.2, -0.15) is 0 Å². The van der Waals surface area contributed by atoms with Crippen LogP contribution in [0, 0.1) is 0 Å². The average Bonchev–Trinajstić information content (AvgIpc) is 2.88. The molecule has 0 radical (unpaired) electrons. The maximum Gasteiger partial charge on any atom is 0.167 e. The van der Waals surface area contributed by atoms with Crippen molar-refractivity contribution >= 4 is 21.7 Å². The van der Waals surface area contributed by atoms with Crippen LogP contribution in [-0.4, -0.2) is 5.78 Å². The van der Waals surface area contributed by atoms with Gasteiger partial charge < -0.3 is 0 Å². The molecular weight excluding hydrogens is 300 g/mol. The smallest absolute Gasteiger partial charge is 0.167 e. The molecule has 0 N–H and O–H groups in total. The molecule has 96 valence electrons. The highest BCUT2D eigenvalue weighted by molar-refractivity contribution is 9.10. The standard InChI is InChI=1S/C17H15BrO/c18-16-7-2-1-4-14(16)11-17(19)15-9-8-12-5-3-6-13(12)10-15/h1-2,4,7-10H,3,5-6,11H2. The lowest BCUT2D eigenvalue weighted by molar-refractivity contribution is 0.0992. The first-order valence-corrected chi connectivity index (χ1v) is 7.42. The number of fused-ring (bicyclic) bond motifs is 1. The highest BCUT2D eigenvalue weighted by Crippen LogP contribution is 2.24. The predicted octanol–water partition coefficient (Wildman–Crippen LogP) is 4.36. The van der Waals surface area contributed by atoms with Crippen LogP contribution in [0.15, 0.2) is 46.9 Å². The van der Waals surface area contributed by atoms with Crippen molar-refractivity contribution in [3.63, 3.8) is 0 Å². The Hall–Kier alpha value is -1.41. The number of hydrogen-bond donors (Lipinski definition) is 0. The summed E-state index contributed by atoms with van der Waals surface area (Å²) in [5.41, 5.74) is 4.67.